The summed E-state index contributed by atoms with van der Waals surface area (Å²) in [7, 11) is 4.31. The first kappa shape index (κ1) is 11.1. The SMILES string of the molecule is C=C(CS)CN1CCC(N(C)C)C1. The highest BCUT2D eigenvalue weighted by Gasteiger charge is 2.23. The summed E-state index contributed by atoms with van der Waals surface area (Å²) in [6.07, 6.45) is 1.28. The lowest BCUT2D eigenvalue weighted by molar-refractivity contribution is 0.278. The molecule has 0 aromatic rings. The van der Waals surface area contributed by atoms with Crippen molar-refractivity contribution in [3.05, 3.63) is 12.2 Å². The van der Waals surface area contributed by atoms with Crippen molar-refractivity contribution in [2.24, 2.45) is 0 Å². The molecule has 2 nitrogen and oxygen atoms in total. The summed E-state index contributed by atoms with van der Waals surface area (Å²) >= 11 is 4.21. The molecular weight excluding hydrogens is 180 g/mol. The molecule has 13 heavy (non-hydrogen) atoms. The maximum Gasteiger partial charge on any atom is 0.0229 e. The van der Waals surface area contributed by atoms with Gasteiger partial charge in [0.1, 0.15) is 0 Å². The van der Waals surface area contributed by atoms with Crippen molar-refractivity contribution in [3.8, 4) is 0 Å². The average Bonchev–Trinajstić information content (AvgIpc) is 2.52. The molecule has 0 bridgehead atoms. The molecule has 0 saturated carbocycles. The number of likely N-dealkylation sites (N-methyl/N-ethyl adjacent to an activating group) is 1. The molecule has 76 valence electrons. The third-order valence-electron chi connectivity index (χ3n) is 2.65. The second kappa shape index (κ2) is 5.03. The minimum absolute atomic E-state index is 0.729. The van der Waals surface area contributed by atoms with Crippen LogP contribution in [0.25, 0.3) is 0 Å². The molecule has 0 spiro atoms. The van der Waals surface area contributed by atoms with Gasteiger partial charge in [0.15, 0.2) is 0 Å². The van der Waals surface area contributed by atoms with E-state index in [0.29, 0.717) is 0 Å². The van der Waals surface area contributed by atoms with Crippen molar-refractivity contribution >= 4 is 12.6 Å². The van der Waals surface area contributed by atoms with Crippen LogP contribution < -0.4 is 0 Å². The molecule has 1 aliphatic rings. The molecule has 0 radical (unpaired) electrons. The maximum absolute atomic E-state index is 4.21. The zero-order valence-electron chi connectivity index (χ0n) is 8.66. The second-order valence-corrected chi connectivity index (χ2v) is 4.37. The molecule has 1 rings (SSSR count). The van der Waals surface area contributed by atoms with Crippen molar-refractivity contribution in [2.75, 3.05) is 39.5 Å². The number of rotatable bonds is 4. The predicted molar refractivity (Wildman–Crippen MR) is 61.5 cm³/mol. The van der Waals surface area contributed by atoms with Crippen molar-refractivity contribution in [1.82, 2.24) is 9.80 Å². The zero-order valence-corrected chi connectivity index (χ0v) is 9.56. The Bertz CT molecular complexity index is 180. The second-order valence-electron chi connectivity index (χ2n) is 4.05. The fourth-order valence-electron chi connectivity index (χ4n) is 1.74. The summed E-state index contributed by atoms with van der Waals surface area (Å²) < 4.78 is 0. The number of likely N-dealkylation sites (tertiary alicyclic amines) is 1. The molecule has 1 saturated heterocycles. The summed E-state index contributed by atoms with van der Waals surface area (Å²) in [4.78, 5) is 4.77. The highest BCUT2D eigenvalue weighted by Crippen LogP contribution is 2.14. The van der Waals surface area contributed by atoms with Gasteiger partial charge in [-0.05, 0) is 20.5 Å². The van der Waals surface area contributed by atoms with Gasteiger partial charge in [0.2, 0.25) is 0 Å². The van der Waals surface area contributed by atoms with Crippen LogP contribution in [0, 0.1) is 0 Å². The standard InChI is InChI=1S/C10H20N2S/c1-9(8-13)6-12-5-4-10(7-12)11(2)3/h10,13H,1,4-8H2,2-3H3. The van der Waals surface area contributed by atoms with Crippen LogP contribution in [-0.2, 0) is 0 Å². The number of hydrogen-bond acceptors (Lipinski definition) is 3. The Morgan fingerprint density at radius 3 is 2.77 bits per heavy atom. The van der Waals surface area contributed by atoms with E-state index in [0.717, 1.165) is 18.3 Å². The quantitative estimate of drug-likeness (QED) is 0.536. The van der Waals surface area contributed by atoms with Crippen LogP contribution in [0.2, 0.25) is 0 Å². The fourth-order valence-corrected chi connectivity index (χ4v) is 1.84. The summed E-state index contributed by atoms with van der Waals surface area (Å²) in [6.45, 7) is 7.38. The van der Waals surface area contributed by atoms with Crippen LogP contribution in [0.5, 0.6) is 0 Å². The Morgan fingerprint density at radius 2 is 2.31 bits per heavy atom. The van der Waals surface area contributed by atoms with Gasteiger partial charge in [-0.15, -0.1) is 0 Å². The van der Waals surface area contributed by atoms with E-state index in [1.165, 1.54) is 25.1 Å². The topological polar surface area (TPSA) is 6.48 Å². The lowest BCUT2D eigenvalue weighted by atomic mass is 10.2. The Kier molecular flexibility index (Phi) is 4.29. The Morgan fingerprint density at radius 1 is 1.62 bits per heavy atom. The average molecular weight is 200 g/mol. The first-order chi connectivity index (χ1) is 6.13. The minimum Gasteiger partial charge on any atom is -0.305 e. The van der Waals surface area contributed by atoms with Crippen molar-refractivity contribution in [3.63, 3.8) is 0 Å². The van der Waals surface area contributed by atoms with Gasteiger partial charge in [0, 0.05) is 31.4 Å². The Labute approximate surface area is 87.0 Å². The van der Waals surface area contributed by atoms with Gasteiger partial charge in [0.05, 0.1) is 0 Å². The van der Waals surface area contributed by atoms with Crippen molar-refractivity contribution < 1.29 is 0 Å². The zero-order chi connectivity index (χ0) is 9.84. The van der Waals surface area contributed by atoms with Crippen molar-refractivity contribution in [2.45, 2.75) is 12.5 Å². The lowest BCUT2D eigenvalue weighted by Crippen LogP contribution is -2.32. The fraction of sp³-hybridized carbons (Fsp3) is 0.800. The van der Waals surface area contributed by atoms with Crippen LogP contribution in [-0.4, -0.2) is 55.3 Å². The summed E-state index contributed by atoms with van der Waals surface area (Å²) in [5.41, 5.74) is 1.22. The highest BCUT2D eigenvalue weighted by molar-refractivity contribution is 7.80. The van der Waals surface area contributed by atoms with Crippen LogP contribution in [0.15, 0.2) is 12.2 Å². The number of hydrogen-bond donors (Lipinski definition) is 1. The molecule has 0 N–H and O–H groups in total. The summed E-state index contributed by atoms with van der Waals surface area (Å²) in [5.74, 6) is 0.809. The molecule has 3 heteroatoms. The molecule has 1 aliphatic heterocycles. The van der Waals surface area contributed by atoms with E-state index >= 15 is 0 Å². The van der Waals surface area contributed by atoms with Gasteiger partial charge in [-0.1, -0.05) is 12.2 Å². The molecule has 1 atom stereocenters. The minimum atomic E-state index is 0.729. The van der Waals surface area contributed by atoms with Gasteiger partial charge < -0.3 is 4.90 Å². The molecule has 0 aromatic heterocycles. The van der Waals surface area contributed by atoms with Gasteiger partial charge in [0.25, 0.3) is 0 Å². The van der Waals surface area contributed by atoms with Crippen LogP contribution in [0.1, 0.15) is 6.42 Å². The maximum atomic E-state index is 4.21. The Balaban J connectivity index is 2.29. The van der Waals surface area contributed by atoms with E-state index in [9.17, 15) is 0 Å². The third kappa shape index (κ3) is 3.33. The molecule has 1 heterocycles. The monoisotopic (exact) mass is 200 g/mol. The highest BCUT2D eigenvalue weighted by atomic mass is 32.1. The van der Waals surface area contributed by atoms with Crippen LogP contribution in [0.4, 0.5) is 0 Å². The predicted octanol–water partition coefficient (Wildman–Crippen LogP) is 1.11. The molecule has 0 amide bonds. The van der Waals surface area contributed by atoms with E-state index in [2.05, 4.69) is 43.1 Å². The van der Waals surface area contributed by atoms with Crippen molar-refractivity contribution in [1.29, 1.82) is 0 Å². The molecule has 1 fully saturated rings. The summed E-state index contributed by atoms with van der Waals surface area (Å²) in [6, 6.07) is 0.729. The third-order valence-corrected chi connectivity index (χ3v) is 3.10. The van der Waals surface area contributed by atoms with E-state index in [1.54, 1.807) is 0 Å². The van der Waals surface area contributed by atoms with E-state index in [-0.39, 0.29) is 0 Å². The van der Waals surface area contributed by atoms with Gasteiger partial charge in [-0.2, -0.15) is 12.6 Å². The number of thiol groups is 1. The Hall–Kier alpha value is 0.01000. The first-order valence-corrected chi connectivity index (χ1v) is 5.43. The molecule has 1 unspecified atom stereocenters. The number of nitrogens with zero attached hydrogens (tertiary/aromatic N) is 2. The molecular formula is C10H20N2S. The van der Waals surface area contributed by atoms with E-state index < -0.39 is 0 Å². The smallest absolute Gasteiger partial charge is 0.0229 e. The molecule has 0 aromatic carbocycles. The van der Waals surface area contributed by atoms with E-state index in [1.807, 2.05) is 0 Å². The van der Waals surface area contributed by atoms with Crippen LogP contribution >= 0.6 is 12.6 Å². The summed E-state index contributed by atoms with van der Waals surface area (Å²) in [5, 5.41) is 0. The van der Waals surface area contributed by atoms with Crippen LogP contribution in [0.3, 0.4) is 0 Å². The first-order valence-electron chi connectivity index (χ1n) is 4.79. The molecule has 0 aliphatic carbocycles. The van der Waals surface area contributed by atoms with E-state index in [4.69, 9.17) is 0 Å². The lowest BCUT2D eigenvalue weighted by Gasteiger charge is -2.20. The normalized spacial score (nSPS) is 24.2. The van der Waals surface area contributed by atoms with Gasteiger partial charge in [-0.3, -0.25) is 4.90 Å². The van der Waals surface area contributed by atoms with Gasteiger partial charge in [-0.25, -0.2) is 0 Å². The van der Waals surface area contributed by atoms with Gasteiger partial charge >= 0.3 is 0 Å². The largest absolute Gasteiger partial charge is 0.305 e.